The number of hydrogen-bond acceptors (Lipinski definition) is 6. The van der Waals surface area contributed by atoms with Crippen LogP contribution >= 0.6 is 0 Å². The monoisotopic (exact) mass is 505 g/mol. The van der Waals surface area contributed by atoms with Crippen LogP contribution in [0, 0.1) is 11.8 Å². The standard InChI is InChI=1S/C30H37N2O5/c1-6-20-18-32(17-19-13-27(35-3)30(37-5)28(14-19)36-4)12-10-21(20)15-26(32)29(33)23-9-11-31-25-8-7-22(34-2)16-24(23)25/h6-9,11,13-14,16,20-21,26,29,33H,1,10,12,15,17-18H2,2-5H3/q+1/t20?,21?,26?,29-,32?/m1/s1. The molecule has 0 spiro atoms. The summed E-state index contributed by atoms with van der Waals surface area (Å²) >= 11 is 0. The summed E-state index contributed by atoms with van der Waals surface area (Å²) in [5.74, 6) is 3.59. The summed E-state index contributed by atoms with van der Waals surface area (Å²) < 4.78 is 23.1. The van der Waals surface area contributed by atoms with Crippen LogP contribution in [-0.4, -0.2) is 62.1 Å². The SMILES string of the molecule is C=CC1C[N+]2(Cc3cc(OC)c(OC)c(OC)c3)CCC1CC2[C@H](O)c1ccnc2ccc(OC)cc12. The molecular formula is C30H37N2O5+. The summed E-state index contributed by atoms with van der Waals surface area (Å²) in [6.45, 7) is 6.85. The lowest BCUT2D eigenvalue weighted by molar-refractivity contribution is -0.984. The highest BCUT2D eigenvalue weighted by Crippen LogP contribution is 2.49. The summed E-state index contributed by atoms with van der Waals surface area (Å²) in [6, 6.07) is 11.9. The molecule has 0 amide bonds. The minimum absolute atomic E-state index is 0.0332. The molecule has 4 heterocycles. The lowest BCUT2D eigenvalue weighted by Crippen LogP contribution is -2.67. The third-order valence-electron chi connectivity index (χ3n) is 8.56. The molecule has 3 aliphatic rings. The van der Waals surface area contributed by atoms with Crippen molar-refractivity contribution < 1.29 is 28.5 Å². The second-order valence-corrected chi connectivity index (χ2v) is 10.3. The van der Waals surface area contributed by atoms with Crippen molar-refractivity contribution in [2.75, 3.05) is 41.5 Å². The summed E-state index contributed by atoms with van der Waals surface area (Å²) in [6.07, 6.45) is 5.32. The summed E-state index contributed by atoms with van der Waals surface area (Å²) in [5.41, 5.74) is 2.85. The predicted molar refractivity (Wildman–Crippen MR) is 143 cm³/mol. The molecule has 196 valence electrons. The molecule has 1 aromatic heterocycles. The highest BCUT2D eigenvalue weighted by atomic mass is 16.5. The second-order valence-electron chi connectivity index (χ2n) is 10.3. The fourth-order valence-corrected chi connectivity index (χ4v) is 6.71. The number of fused-ring (bicyclic) bond motifs is 4. The zero-order valence-corrected chi connectivity index (χ0v) is 22.1. The van der Waals surface area contributed by atoms with Gasteiger partial charge in [-0.2, -0.15) is 0 Å². The van der Waals surface area contributed by atoms with Gasteiger partial charge in [0.25, 0.3) is 0 Å². The van der Waals surface area contributed by atoms with Gasteiger partial charge in [0, 0.05) is 35.9 Å². The van der Waals surface area contributed by atoms with E-state index in [1.165, 1.54) is 0 Å². The normalized spacial score (nSPS) is 25.5. The van der Waals surface area contributed by atoms with Crippen molar-refractivity contribution in [3.8, 4) is 23.0 Å². The number of hydrogen-bond donors (Lipinski definition) is 1. The molecule has 3 aliphatic heterocycles. The van der Waals surface area contributed by atoms with E-state index in [4.69, 9.17) is 18.9 Å². The van der Waals surface area contributed by atoms with Crippen LogP contribution in [0.3, 0.4) is 0 Å². The van der Waals surface area contributed by atoms with Gasteiger partial charge in [0.05, 0.1) is 47.0 Å². The first-order valence-corrected chi connectivity index (χ1v) is 12.8. The van der Waals surface area contributed by atoms with Crippen molar-refractivity contribution >= 4 is 10.9 Å². The Kier molecular flexibility index (Phi) is 7.01. The fraction of sp³-hybridized carbons (Fsp3) is 0.433. The first kappa shape index (κ1) is 25.4. The number of nitrogens with zero attached hydrogens (tertiary/aromatic N) is 2. The molecule has 3 saturated heterocycles. The Labute approximate surface area is 218 Å². The molecule has 0 aliphatic carbocycles. The third kappa shape index (κ3) is 4.40. The zero-order valence-electron chi connectivity index (χ0n) is 22.1. The molecule has 37 heavy (non-hydrogen) atoms. The average molecular weight is 506 g/mol. The number of rotatable bonds is 9. The predicted octanol–water partition coefficient (Wildman–Crippen LogP) is 4.91. The number of benzene rings is 2. The Bertz CT molecular complexity index is 1270. The molecule has 1 N–H and O–H groups in total. The van der Waals surface area contributed by atoms with Crippen LogP contribution < -0.4 is 18.9 Å². The van der Waals surface area contributed by atoms with Gasteiger partial charge in [-0.15, -0.1) is 6.58 Å². The van der Waals surface area contributed by atoms with E-state index >= 15 is 0 Å². The lowest BCUT2D eigenvalue weighted by Gasteiger charge is -2.58. The number of aliphatic hydroxyl groups excluding tert-OH is 1. The van der Waals surface area contributed by atoms with Gasteiger partial charge in [-0.3, -0.25) is 4.98 Å². The highest BCUT2D eigenvalue weighted by Gasteiger charge is 2.54. The Balaban J connectivity index is 1.57. The van der Waals surface area contributed by atoms with Crippen LogP contribution in [0.5, 0.6) is 23.0 Å². The molecule has 3 fully saturated rings. The van der Waals surface area contributed by atoms with Crippen molar-refractivity contribution in [1.82, 2.24) is 4.98 Å². The first-order valence-electron chi connectivity index (χ1n) is 12.8. The Morgan fingerprint density at radius 2 is 1.81 bits per heavy atom. The van der Waals surface area contributed by atoms with Crippen molar-refractivity contribution in [3.05, 3.63) is 66.4 Å². The number of pyridine rings is 1. The quantitative estimate of drug-likeness (QED) is 0.329. The van der Waals surface area contributed by atoms with Crippen molar-refractivity contribution in [2.45, 2.75) is 31.5 Å². The van der Waals surface area contributed by atoms with E-state index in [1.807, 2.05) is 36.4 Å². The van der Waals surface area contributed by atoms with Crippen molar-refractivity contribution in [1.29, 1.82) is 0 Å². The van der Waals surface area contributed by atoms with E-state index in [9.17, 15) is 5.11 Å². The maximum absolute atomic E-state index is 12.0. The molecule has 3 aromatic rings. The molecule has 2 bridgehead atoms. The molecule has 6 rings (SSSR count). The topological polar surface area (TPSA) is 70.0 Å². The summed E-state index contributed by atoms with van der Waals surface area (Å²) in [7, 11) is 6.56. The van der Waals surface area contributed by atoms with E-state index in [-0.39, 0.29) is 6.04 Å². The van der Waals surface area contributed by atoms with Crippen molar-refractivity contribution in [2.24, 2.45) is 11.8 Å². The van der Waals surface area contributed by atoms with E-state index in [0.29, 0.717) is 29.1 Å². The Hall–Kier alpha value is -3.29. The van der Waals surface area contributed by atoms with E-state index in [0.717, 1.165) is 64.7 Å². The molecule has 0 saturated carbocycles. The highest BCUT2D eigenvalue weighted by molar-refractivity contribution is 5.83. The van der Waals surface area contributed by atoms with Crippen LogP contribution in [0.15, 0.2) is 55.3 Å². The van der Waals surface area contributed by atoms with Gasteiger partial charge in [0.2, 0.25) is 5.75 Å². The van der Waals surface area contributed by atoms with Gasteiger partial charge < -0.3 is 28.5 Å². The molecule has 0 radical (unpaired) electrons. The Morgan fingerprint density at radius 3 is 2.46 bits per heavy atom. The van der Waals surface area contributed by atoms with Crippen molar-refractivity contribution in [3.63, 3.8) is 0 Å². The number of aliphatic hydroxyl groups is 1. The second kappa shape index (κ2) is 10.2. The molecule has 2 aromatic carbocycles. The minimum Gasteiger partial charge on any atom is -0.497 e. The van der Waals surface area contributed by atoms with Crippen LogP contribution in [0.4, 0.5) is 0 Å². The number of aromatic nitrogens is 1. The maximum Gasteiger partial charge on any atom is 0.203 e. The molecule has 7 nitrogen and oxygen atoms in total. The van der Waals surface area contributed by atoms with Crippen LogP contribution in [0.2, 0.25) is 0 Å². The first-order chi connectivity index (χ1) is 18.0. The van der Waals surface area contributed by atoms with Crippen LogP contribution in [-0.2, 0) is 6.54 Å². The minimum atomic E-state index is -0.645. The Morgan fingerprint density at radius 1 is 1.05 bits per heavy atom. The largest absolute Gasteiger partial charge is 0.497 e. The fourth-order valence-electron chi connectivity index (χ4n) is 6.71. The molecule has 4 unspecified atom stereocenters. The van der Waals surface area contributed by atoms with E-state index in [2.05, 4.69) is 17.6 Å². The summed E-state index contributed by atoms with van der Waals surface area (Å²) in [4.78, 5) is 4.53. The van der Waals surface area contributed by atoms with Gasteiger partial charge in [0.1, 0.15) is 24.4 Å². The molecule has 5 atom stereocenters. The summed E-state index contributed by atoms with van der Waals surface area (Å²) in [5, 5.41) is 13.0. The van der Waals surface area contributed by atoms with Crippen LogP contribution in [0.25, 0.3) is 10.9 Å². The maximum atomic E-state index is 12.0. The zero-order chi connectivity index (χ0) is 26.2. The smallest absolute Gasteiger partial charge is 0.203 e. The lowest BCUT2D eigenvalue weighted by atomic mass is 9.71. The van der Waals surface area contributed by atoms with Gasteiger partial charge in [-0.05, 0) is 47.9 Å². The third-order valence-corrected chi connectivity index (χ3v) is 8.56. The van der Waals surface area contributed by atoms with E-state index < -0.39 is 6.10 Å². The number of quaternary nitrogens is 1. The average Bonchev–Trinajstić information content (AvgIpc) is 2.95. The van der Waals surface area contributed by atoms with Gasteiger partial charge in [-0.25, -0.2) is 0 Å². The number of methoxy groups -OCH3 is 4. The van der Waals surface area contributed by atoms with E-state index in [1.54, 1.807) is 34.6 Å². The number of piperidine rings is 3. The van der Waals surface area contributed by atoms with Gasteiger partial charge in [0.15, 0.2) is 11.5 Å². The van der Waals surface area contributed by atoms with Gasteiger partial charge in [-0.1, -0.05) is 6.08 Å². The molecule has 7 heteroatoms. The van der Waals surface area contributed by atoms with Crippen LogP contribution in [0.1, 0.15) is 30.1 Å². The molecular weight excluding hydrogens is 468 g/mol. The number of ether oxygens (including phenoxy) is 4. The van der Waals surface area contributed by atoms with Gasteiger partial charge >= 0.3 is 0 Å².